The zero-order chi connectivity index (χ0) is 20.4. The molecule has 1 saturated heterocycles. The number of nitrogens with one attached hydrogen (secondary N) is 1. The molecule has 0 saturated carbocycles. The van der Waals surface area contributed by atoms with Crippen molar-refractivity contribution >= 4 is 31.9 Å². The fourth-order valence-electron chi connectivity index (χ4n) is 3.72. The van der Waals surface area contributed by atoms with Gasteiger partial charge in [-0.2, -0.15) is 0 Å². The molecule has 1 fully saturated rings. The number of halogens is 1. The molecule has 1 aliphatic heterocycles. The van der Waals surface area contributed by atoms with Gasteiger partial charge >= 0.3 is 0 Å². The summed E-state index contributed by atoms with van der Waals surface area (Å²) < 4.78 is 26.4. The number of carbonyl (C=O) groups excluding carboxylic acids is 1. The van der Waals surface area contributed by atoms with Crippen molar-refractivity contribution in [2.75, 3.05) is 33.7 Å². The predicted octanol–water partition coefficient (Wildman–Crippen LogP) is 2.80. The van der Waals surface area contributed by atoms with Crippen LogP contribution in [0.25, 0.3) is 0 Å². The molecule has 152 valence electrons. The number of sulfonamides is 1. The molecule has 0 aliphatic carbocycles. The quantitative estimate of drug-likeness (QED) is 0.709. The third-order valence-electron chi connectivity index (χ3n) is 4.81. The largest absolute Gasteiger partial charge is 0.348 e. The fraction of sp³-hybridized carbons (Fsp3) is 0.632. The summed E-state index contributed by atoms with van der Waals surface area (Å²) in [5.74, 6) is 1.08. The number of benzene rings is 1. The molecule has 1 N–H and O–H groups in total. The third kappa shape index (κ3) is 5.76. The van der Waals surface area contributed by atoms with Crippen molar-refractivity contribution in [1.82, 2.24) is 14.5 Å². The Hall–Kier alpha value is -0.960. The van der Waals surface area contributed by atoms with Gasteiger partial charge in [0, 0.05) is 49.8 Å². The van der Waals surface area contributed by atoms with Gasteiger partial charge in [-0.15, -0.1) is 0 Å². The van der Waals surface area contributed by atoms with Gasteiger partial charge < -0.3 is 10.2 Å². The Kier molecular flexibility index (Phi) is 7.47. The molecule has 0 aromatic heterocycles. The lowest BCUT2D eigenvalue weighted by Gasteiger charge is -2.36. The Balaban J connectivity index is 2.07. The molecule has 8 heteroatoms. The number of nitrogens with zero attached hydrogens (tertiary/aromatic N) is 2. The van der Waals surface area contributed by atoms with E-state index in [4.69, 9.17) is 0 Å². The predicted molar refractivity (Wildman–Crippen MR) is 111 cm³/mol. The van der Waals surface area contributed by atoms with E-state index >= 15 is 0 Å². The van der Waals surface area contributed by atoms with Gasteiger partial charge in [0.2, 0.25) is 10.0 Å². The van der Waals surface area contributed by atoms with Gasteiger partial charge in [0.25, 0.3) is 5.91 Å². The zero-order valence-corrected chi connectivity index (χ0v) is 19.1. The summed E-state index contributed by atoms with van der Waals surface area (Å²) in [6.45, 7) is 9.40. The fourth-order valence-corrected chi connectivity index (χ4v) is 5.56. The molecule has 1 aromatic carbocycles. The van der Waals surface area contributed by atoms with Crippen LogP contribution in [0.1, 0.15) is 37.6 Å². The monoisotopic (exact) mass is 459 g/mol. The Morgan fingerprint density at radius 1 is 1.30 bits per heavy atom. The van der Waals surface area contributed by atoms with E-state index in [0.29, 0.717) is 21.9 Å². The number of rotatable bonds is 6. The highest BCUT2D eigenvalue weighted by Gasteiger charge is 2.25. The van der Waals surface area contributed by atoms with Crippen molar-refractivity contribution in [2.24, 2.45) is 11.8 Å². The minimum absolute atomic E-state index is 0.0208. The van der Waals surface area contributed by atoms with E-state index in [1.807, 2.05) is 6.92 Å². The molecule has 0 radical (unpaired) electrons. The normalized spacial score (nSPS) is 22.6. The maximum atomic E-state index is 12.6. The molecule has 1 aromatic rings. The van der Waals surface area contributed by atoms with Crippen LogP contribution in [0.5, 0.6) is 0 Å². The molecule has 1 aliphatic rings. The van der Waals surface area contributed by atoms with E-state index in [9.17, 15) is 13.2 Å². The van der Waals surface area contributed by atoms with E-state index in [2.05, 4.69) is 40.0 Å². The summed E-state index contributed by atoms with van der Waals surface area (Å²) in [5.41, 5.74) is 0.339. The smallest absolute Gasteiger partial charge is 0.251 e. The summed E-state index contributed by atoms with van der Waals surface area (Å²) in [6.07, 6.45) is 1.25. The summed E-state index contributed by atoms with van der Waals surface area (Å²) >= 11 is 3.27. The van der Waals surface area contributed by atoms with Gasteiger partial charge in [-0.3, -0.25) is 4.79 Å². The second-order valence-corrected chi connectivity index (χ2v) is 10.9. The third-order valence-corrected chi connectivity index (χ3v) is 7.62. The maximum Gasteiger partial charge on any atom is 0.251 e. The van der Waals surface area contributed by atoms with Crippen LogP contribution in [0.3, 0.4) is 0 Å². The second-order valence-electron chi connectivity index (χ2n) is 7.97. The molecule has 0 spiro atoms. The minimum atomic E-state index is -3.63. The summed E-state index contributed by atoms with van der Waals surface area (Å²) in [7, 11) is -0.690. The van der Waals surface area contributed by atoms with Crippen LogP contribution < -0.4 is 5.32 Å². The standard InChI is InChI=1S/C19H30BrN3O3S/c1-13-8-14(2)11-23(10-13)12-15(3)21-19(24)16-6-7-17(20)18(9-16)27(25,26)22(4)5/h6-7,9,13-15H,8,10-12H2,1-5H3,(H,21,24). The minimum Gasteiger partial charge on any atom is -0.348 e. The molecular formula is C19H30BrN3O3S. The highest BCUT2D eigenvalue weighted by atomic mass is 79.9. The van der Waals surface area contributed by atoms with E-state index in [-0.39, 0.29) is 16.8 Å². The van der Waals surface area contributed by atoms with Crippen molar-refractivity contribution in [2.45, 2.75) is 38.1 Å². The van der Waals surface area contributed by atoms with Gasteiger partial charge in [0.05, 0.1) is 4.90 Å². The lowest BCUT2D eigenvalue weighted by Crippen LogP contribution is -2.47. The van der Waals surface area contributed by atoms with Crippen LogP contribution in [0.2, 0.25) is 0 Å². The number of piperidine rings is 1. The van der Waals surface area contributed by atoms with Gasteiger partial charge in [-0.1, -0.05) is 13.8 Å². The second kappa shape index (κ2) is 9.03. The summed E-state index contributed by atoms with van der Waals surface area (Å²) in [5, 5.41) is 3.00. The highest BCUT2D eigenvalue weighted by Crippen LogP contribution is 2.25. The molecule has 1 amide bonds. The van der Waals surface area contributed by atoms with Crippen LogP contribution in [-0.2, 0) is 10.0 Å². The van der Waals surface area contributed by atoms with Crippen LogP contribution in [0.15, 0.2) is 27.6 Å². The topological polar surface area (TPSA) is 69.7 Å². The maximum absolute atomic E-state index is 12.6. The molecule has 0 bridgehead atoms. The molecule has 27 heavy (non-hydrogen) atoms. The van der Waals surface area contributed by atoms with Gasteiger partial charge in [-0.05, 0) is 59.3 Å². The van der Waals surface area contributed by atoms with E-state index in [0.717, 1.165) is 23.9 Å². The first kappa shape index (κ1) is 22.3. The van der Waals surface area contributed by atoms with Gasteiger partial charge in [-0.25, -0.2) is 12.7 Å². The number of hydrogen-bond acceptors (Lipinski definition) is 4. The molecule has 3 atom stereocenters. The molecule has 6 nitrogen and oxygen atoms in total. The zero-order valence-electron chi connectivity index (χ0n) is 16.7. The Labute approximate surface area is 171 Å². The number of hydrogen-bond donors (Lipinski definition) is 1. The Morgan fingerprint density at radius 3 is 2.44 bits per heavy atom. The first-order valence-electron chi connectivity index (χ1n) is 9.26. The Morgan fingerprint density at radius 2 is 1.89 bits per heavy atom. The number of carbonyl (C=O) groups is 1. The average Bonchev–Trinajstić information content (AvgIpc) is 2.53. The average molecular weight is 460 g/mol. The van der Waals surface area contributed by atoms with E-state index in [1.165, 1.54) is 26.6 Å². The van der Waals surface area contributed by atoms with Crippen molar-refractivity contribution < 1.29 is 13.2 Å². The first-order chi connectivity index (χ1) is 12.5. The van der Waals surface area contributed by atoms with Crippen LogP contribution in [0.4, 0.5) is 0 Å². The van der Waals surface area contributed by atoms with Crippen LogP contribution >= 0.6 is 15.9 Å². The first-order valence-corrected chi connectivity index (χ1v) is 11.5. The lowest BCUT2D eigenvalue weighted by atomic mass is 9.92. The van der Waals surface area contributed by atoms with Crippen molar-refractivity contribution in [3.63, 3.8) is 0 Å². The molecule has 2 rings (SSSR count). The summed E-state index contributed by atoms with van der Waals surface area (Å²) in [4.78, 5) is 15.1. The summed E-state index contributed by atoms with van der Waals surface area (Å²) in [6, 6.07) is 4.63. The van der Waals surface area contributed by atoms with Crippen molar-refractivity contribution in [3.05, 3.63) is 28.2 Å². The molecular weight excluding hydrogens is 430 g/mol. The van der Waals surface area contributed by atoms with Gasteiger partial charge in [0.15, 0.2) is 0 Å². The van der Waals surface area contributed by atoms with Crippen molar-refractivity contribution in [1.29, 1.82) is 0 Å². The van der Waals surface area contributed by atoms with Crippen molar-refractivity contribution in [3.8, 4) is 0 Å². The molecule has 1 heterocycles. The van der Waals surface area contributed by atoms with Crippen LogP contribution in [-0.4, -0.2) is 63.3 Å². The Bertz CT molecular complexity index is 772. The van der Waals surface area contributed by atoms with Gasteiger partial charge in [0.1, 0.15) is 0 Å². The SMILES string of the molecule is CC1CC(C)CN(CC(C)NC(=O)c2ccc(Br)c(S(=O)(=O)N(C)C)c2)C1. The lowest BCUT2D eigenvalue weighted by molar-refractivity contribution is 0.0904. The number of amides is 1. The molecule has 3 unspecified atom stereocenters. The number of likely N-dealkylation sites (tertiary alicyclic amines) is 1. The van der Waals surface area contributed by atoms with Crippen LogP contribution in [0, 0.1) is 11.8 Å². The highest BCUT2D eigenvalue weighted by molar-refractivity contribution is 9.10. The van der Waals surface area contributed by atoms with E-state index in [1.54, 1.807) is 12.1 Å². The van der Waals surface area contributed by atoms with E-state index < -0.39 is 10.0 Å².